The van der Waals surface area contributed by atoms with Crippen molar-refractivity contribution < 1.29 is 27.1 Å². The van der Waals surface area contributed by atoms with Gasteiger partial charge in [0.25, 0.3) is 5.91 Å². The predicted octanol–water partition coefficient (Wildman–Crippen LogP) is 2.07. The van der Waals surface area contributed by atoms with Crippen molar-refractivity contribution >= 4 is 5.91 Å². The lowest BCUT2D eigenvalue weighted by Crippen LogP contribution is -2.47. The zero-order valence-electron chi connectivity index (χ0n) is 10.0. The molecule has 7 heteroatoms. The normalized spacial score (nSPS) is 12.9. The fourth-order valence-corrected chi connectivity index (χ4v) is 1.00. The maximum atomic E-state index is 12.6. The van der Waals surface area contributed by atoms with Crippen molar-refractivity contribution in [3.63, 3.8) is 0 Å². The van der Waals surface area contributed by atoms with Crippen molar-refractivity contribution in [3.8, 4) is 0 Å². The Morgan fingerprint density at radius 3 is 2.29 bits per heavy atom. The molecule has 1 amide bonds. The van der Waals surface area contributed by atoms with Crippen LogP contribution in [0.5, 0.6) is 0 Å². The molecule has 102 valence electrons. The Bertz CT molecular complexity index is 257. The summed E-state index contributed by atoms with van der Waals surface area (Å²) in [5.41, 5.74) is -0.496. The Morgan fingerprint density at radius 2 is 1.88 bits per heavy atom. The first-order valence-corrected chi connectivity index (χ1v) is 5.06. The van der Waals surface area contributed by atoms with Crippen LogP contribution in [-0.4, -0.2) is 38.5 Å². The highest BCUT2D eigenvalue weighted by atomic mass is 19.3. The monoisotopic (exact) mass is 259 g/mol. The van der Waals surface area contributed by atoms with Crippen LogP contribution in [0.25, 0.3) is 0 Å². The van der Waals surface area contributed by atoms with Gasteiger partial charge in [-0.25, -0.2) is 8.78 Å². The molecular weight excluding hydrogens is 242 g/mol. The maximum absolute atomic E-state index is 12.6. The number of halogens is 4. The summed E-state index contributed by atoms with van der Waals surface area (Å²) in [6.07, 6.45) is -3.48. The lowest BCUT2D eigenvalue weighted by atomic mass is 9.89. The Labute approximate surface area is 97.5 Å². The number of hydrogen-bond acceptors (Lipinski definition) is 2. The minimum absolute atomic E-state index is 0.114. The first-order valence-electron chi connectivity index (χ1n) is 5.06. The Morgan fingerprint density at radius 1 is 1.35 bits per heavy atom. The molecule has 0 aromatic heterocycles. The highest BCUT2D eigenvalue weighted by Crippen LogP contribution is 2.24. The number of alkyl halides is 4. The van der Waals surface area contributed by atoms with E-state index in [1.165, 1.54) is 7.11 Å². The van der Waals surface area contributed by atoms with Crippen molar-refractivity contribution in [2.24, 2.45) is 5.41 Å². The average Bonchev–Trinajstić information content (AvgIpc) is 2.23. The SMILES string of the molecule is COCCC(C)(C)CNC(=O)C(F)(F)C(F)F. The van der Waals surface area contributed by atoms with E-state index in [1.54, 1.807) is 13.8 Å². The minimum Gasteiger partial charge on any atom is -0.385 e. The Kier molecular flexibility index (Phi) is 5.87. The maximum Gasteiger partial charge on any atom is 0.383 e. The molecule has 1 N–H and O–H groups in total. The Balaban J connectivity index is 4.24. The summed E-state index contributed by atoms with van der Waals surface area (Å²) in [6.45, 7) is 3.71. The molecule has 0 heterocycles. The predicted molar refractivity (Wildman–Crippen MR) is 54.2 cm³/mol. The molecule has 0 radical (unpaired) electrons. The number of carbonyl (C=O) groups is 1. The van der Waals surface area contributed by atoms with Crippen LogP contribution in [0.4, 0.5) is 17.6 Å². The minimum atomic E-state index is -4.64. The molecule has 0 unspecified atom stereocenters. The van der Waals surface area contributed by atoms with E-state index in [-0.39, 0.29) is 6.54 Å². The first-order chi connectivity index (χ1) is 7.63. The number of ether oxygens (including phenoxy) is 1. The zero-order valence-corrected chi connectivity index (χ0v) is 10.0. The van der Waals surface area contributed by atoms with Gasteiger partial charge in [0.2, 0.25) is 0 Å². The summed E-state index contributed by atoms with van der Waals surface area (Å²) in [6, 6.07) is 0. The van der Waals surface area contributed by atoms with Gasteiger partial charge in [-0.2, -0.15) is 8.78 Å². The highest BCUT2D eigenvalue weighted by Gasteiger charge is 2.49. The van der Waals surface area contributed by atoms with Crippen LogP contribution in [0, 0.1) is 5.41 Å². The zero-order chi connectivity index (χ0) is 13.7. The van der Waals surface area contributed by atoms with Gasteiger partial charge in [0, 0.05) is 20.3 Å². The molecule has 0 rings (SSSR count). The molecule has 0 fully saturated rings. The first kappa shape index (κ1) is 16.1. The topological polar surface area (TPSA) is 38.3 Å². The quantitative estimate of drug-likeness (QED) is 0.711. The van der Waals surface area contributed by atoms with Crippen molar-refractivity contribution in [2.75, 3.05) is 20.3 Å². The molecular formula is C10H17F4NO2. The summed E-state index contributed by atoms with van der Waals surface area (Å²) >= 11 is 0. The van der Waals surface area contributed by atoms with Gasteiger partial charge >= 0.3 is 12.3 Å². The van der Waals surface area contributed by atoms with E-state index in [1.807, 2.05) is 5.32 Å². The molecule has 0 bridgehead atoms. The molecule has 0 saturated carbocycles. The molecule has 0 atom stereocenters. The van der Waals surface area contributed by atoms with E-state index in [9.17, 15) is 22.4 Å². The number of methoxy groups -OCH3 is 1. The molecule has 17 heavy (non-hydrogen) atoms. The largest absolute Gasteiger partial charge is 0.385 e. The van der Waals surface area contributed by atoms with Gasteiger partial charge < -0.3 is 10.1 Å². The lowest BCUT2D eigenvalue weighted by Gasteiger charge is -2.25. The van der Waals surface area contributed by atoms with Crippen molar-refractivity contribution in [1.29, 1.82) is 0 Å². The van der Waals surface area contributed by atoms with Gasteiger partial charge in [0.1, 0.15) is 0 Å². The van der Waals surface area contributed by atoms with Gasteiger partial charge in [-0.15, -0.1) is 0 Å². The molecule has 0 aliphatic rings. The molecule has 0 aliphatic carbocycles. The van der Waals surface area contributed by atoms with Crippen LogP contribution in [0.1, 0.15) is 20.3 Å². The van der Waals surface area contributed by atoms with Crippen molar-refractivity contribution in [1.82, 2.24) is 5.32 Å². The molecule has 0 spiro atoms. The molecule has 3 nitrogen and oxygen atoms in total. The Hall–Kier alpha value is -0.850. The summed E-state index contributed by atoms with van der Waals surface area (Å²) in [7, 11) is 1.49. The molecule has 0 aromatic rings. The van der Waals surface area contributed by atoms with Crippen LogP contribution >= 0.6 is 0 Å². The lowest BCUT2D eigenvalue weighted by molar-refractivity contribution is -0.169. The molecule has 0 saturated heterocycles. The van der Waals surface area contributed by atoms with E-state index in [4.69, 9.17) is 4.74 Å². The van der Waals surface area contributed by atoms with Gasteiger partial charge in [-0.3, -0.25) is 4.79 Å². The summed E-state index contributed by atoms with van der Waals surface area (Å²) in [5.74, 6) is -6.59. The number of amides is 1. The molecule has 0 aromatic carbocycles. The molecule has 0 aliphatic heterocycles. The van der Waals surface area contributed by atoms with Gasteiger partial charge in [0.05, 0.1) is 0 Å². The van der Waals surface area contributed by atoms with Crippen molar-refractivity contribution in [3.05, 3.63) is 0 Å². The second kappa shape index (κ2) is 6.18. The number of nitrogens with one attached hydrogen (secondary N) is 1. The summed E-state index contributed by atoms with van der Waals surface area (Å²) in [4.78, 5) is 10.9. The van der Waals surface area contributed by atoms with Crippen LogP contribution in [0.3, 0.4) is 0 Å². The third-order valence-electron chi connectivity index (χ3n) is 2.29. The fourth-order valence-electron chi connectivity index (χ4n) is 1.00. The van der Waals surface area contributed by atoms with Crippen LogP contribution in [-0.2, 0) is 9.53 Å². The number of rotatable bonds is 7. The second-order valence-electron chi connectivity index (χ2n) is 4.51. The number of hydrogen-bond donors (Lipinski definition) is 1. The van der Waals surface area contributed by atoms with Gasteiger partial charge in [-0.1, -0.05) is 13.8 Å². The van der Waals surface area contributed by atoms with E-state index in [0.29, 0.717) is 13.0 Å². The third-order valence-corrected chi connectivity index (χ3v) is 2.29. The van der Waals surface area contributed by atoms with Crippen LogP contribution in [0.2, 0.25) is 0 Å². The van der Waals surface area contributed by atoms with Crippen LogP contribution in [0.15, 0.2) is 0 Å². The summed E-state index contributed by atoms with van der Waals surface area (Å²) in [5, 5.41) is 1.83. The van der Waals surface area contributed by atoms with Crippen molar-refractivity contribution in [2.45, 2.75) is 32.6 Å². The van der Waals surface area contributed by atoms with Crippen LogP contribution < -0.4 is 5.32 Å². The van der Waals surface area contributed by atoms with Gasteiger partial charge in [-0.05, 0) is 11.8 Å². The fraction of sp³-hybridized carbons (Fsp3) is 0.900. The number of carbonyl (C=O) groups excluding carboxylic acids is 1. The smallest absolute Gasteiger partial charge is 0.383 e. The summed E-state index contributed by atoms with van der Waals surface area (Å²) < 4.78 is 53.7. The van der Waals surface area contributed by atoms with E-state index >= 15 is 0 Å². The van der Waals surface area contributed by atoms with E-state index < -0.39 is 23.7 Å². The van der Waals surface area contributed by atoms with E-state index in [2.05, 4.69) is 0 Å². The standard InChI is InChI=1S/C10H17F4NO2/c1-9(2,4-5-17-3)6-15-8(16)10(13,14)7(11)12/h7H,4-6H2,1-3H3,(H,15,16). The average molecular weight is 259 g/mol. The second-order valence-corrected chi connectivity index (χ2v) is 4.51. The van der Waals surface area contributed by atoms with Gasteiger partial charge in [0.15, 0.2) is 0 Å². The highest BCUT2D eigenvalue weighted by molar-refractivity contribution is 5.83. The third kappa shape index (κ3) is 5.34. The van der Waals surface area contributed by atoms with E-state index in [0.717, 1.165) is 0 Å².